The van der Waals surface area contributed by atoms with E-state index in [4.69, 9.17) is 4.74 Å². The maximum atomic E-state index is 12.8. The number of amides is 1. The molecule has 156 valence electrons. The number of aromatic nitrogens is 2. The first-order valence-electron chi connectivity index (χ1n) is 9.69. The third kappa shape index (κ3) is 3.55. The van der Waals surface area contributed by atoms with Gasteiger partial charge in [-0.1, -0.05) is 12.1 Å². The van der Waals surface area contributed by atoms with Crippen molar-refractivity contribution in [2.75, 3.05) is 38.2 Å². The quantitative estimate of drug-likeness (QED) is 0.659. The number of carbonyl (C=O) groups is 1. The highest BCUT2D eigenvalue weighted by Gasteiger charge is 2.29. The summed E-state index contributed by atoms with van der Waals surface area (Å²) in [6, 6.07) is 14.3. The summed E-state index contributed by atoms with van der Waals surface area (Å²) in [6.07, 6.45) is 0. The summed E-state index contributed by atoms with van der Waals surface area (Å²) >= 11 is 0. The Morgan fingerprint density at radius 3 is 2.40 bits per heavy atom. The van der Waals surface area contributed by atoms with Crippen LogP contribution in [0.1, 0.15) is 16.2 Å². The second-order valence-corrected chi connectivity index (χ2v) is 7.12. The van der Waals surface area contributed by atoms with Gasteiger partial charge in [-0.05, 0) is 37.3 Å². The number of ether oxygens (including phenoxy) is 1. The molecule has 0 spiro atoms. The van der Waals surface area contributed by atoms with Crippen molar-refractivity contribution in [3.05, 3.63) is 70.0 Å². The van der Waals surface area contributed by atoms with E-state index in [-0.39, 0.29) is 22.4 Å². The minimum atomic E-state index is -0.587. The molecule has 0 aliphatic carbocycles. The van der Waals surface area contributed by atoms with Crippen LogP contribution in [0.15, 0.2) is 48.5 Å². The highest BCUT2D eigenvalue weighted by molar-refractivity contribution is 5.92. The number of nitrogens with zero attached hydrogens (tertiary/aromatic N) is 4. The summed E-state index contributed by atoms with van der Waals surface area (Å²) in [7, 11) is 1.63. The summed E-state index contributed by atoms with van der Waals surface area (Å²) in [6.45, 7) is 4.07. The Morgan fingerprint density at radius 2 is 1.73 bits per heavy atom. The lowest BCUT2D eigenvalue weighted by Gasteiger charge is -2.35. The summed E-state index contributed by atoms with van der Waals surface area (Å²) < 4.78 is 6.34. The van der Waals surface area contributed by atoms with Crippen molar-refractivity contribution in [3.8, 4) is 5.75 Å². The topological polar surface area (TPSA) is 95.8 Å². The van der Waals surface area contributed by atoms with Crippen LogP contribution in [0, 0.1) is 17.0 Å². The van der Waals surface area contributed by atoms with Crippen LogP contribution in [-0.4, -0.2) is 48.9 Å². The molecule has 1 aromatic heterocycles. The van der Waals surface area contributed by atoms with E-state index >= 15 is 0 Å². The Morgan fingerprint density at radius 1 is 1.07 bits per heavy atom. The lowest BCUT2D eigenvalue weighted by Crippen LogP contribution is -2.54. The average molecular weight is 409 g/mol. The van der Waals surface area contributed by atoms with Gasteiger partial charge >= 0.3 is 11.6 Å². The van der Waals surface area contributed by atoms with Gasteiger partial charge in [0.15, 0.2) is 0 Å². The van der Waals surface area contributed by atoms with Gasteiger partial charge in [0.25, 0.3) is 5.52 Å². The maximum Gasteiger partial charge on any atom is 0.347 e. The van der Waals surface area contributed by atoms with Crippen molar-refractivity contribution in [3.63, 3.8) is 0 Å². The molecule has 9 nitrogen and oxygen atoms in total. The second-order valence-electron chi connectivity index (χ2n) is 7.12. The Bertz CT molecular complexity index is 1130. The van der Waals surface area contributed by atoms with Crippen molar-refractivity contribution in [2.24, 2.45) is 0 Å². The van der Waals surface area contributed by atoms with Crippen LogP contribution in [-0.2, 0) is 0 Å². The van der Waals surface area contributed by atoms with Gasteiger partial charge in [-0.25, -0.2) is 5.01 Å². The van der Waals surface area contributed by atoms with Crippen LogP contribution in [0.25, 0.3) is 11.0 Å². The lowest BCUT2D eigenvalue weighted by molar-refractivity contribution is -0.468. The molecule has 3 aromatic rings. The SMILES string of the molecule is COc1ccc(N2CCN(NC(=O)c3c(C)n([O-])c4ccccc4[n+]3=O)CC2)cc1. The van der Waals surface area contributed by atoms with Crippen molar-refractivity contribution in [2.45, 2.75) is 6.92 Å². The number of hydrogen-bond donors (Lipinski definition) is 1. The number of methoxy groups -OCH3 is 1. The zero-order chi connectivity index (χ0) is 21.3. The van der Waals surface area contributed by atoms with Crippen molar-refractivity contribution >= 4 is 22.6 Å². The predicted molar refractivity (Wildman–Crippen MR) is 113 cm³/mol. The second kappa shape index (κ2) is 8.03. The molecule has 4 rings (SSSR count). The molecule has 1 amide bonds. The van der Waals surface area contributed by atoms with Gasteiger partial charge in [0.1, 0.15) is 11.3 Å². The molecule has 1 aliphatic heterocycles. The average Bonchev–Trinajstić information content (AvgIpc) is 2.78. The molecule has 9 heteroatoms. The van der Waals surface area contributed by atoms with Crippen LogP contribution >= 0.6 is 0 Å². The van der Waals surface area contributed by atoms with Crippen molar-refractivity contribution in [1.82, 2.24) is 15.2 Å². The summed E-state index contributed by atoms with van der Waals surface area (Å²) in [4.78, 5) is 27.8. The third-order valence-electron chi connectivity index (χ3n) is 5.36. The number of rotatable bonds is 4. The maximum absolute atomic E-state index is 12.8. The smallest absolute Gasteiger partial charge is 0.347 e. The number of carbonyl (C=O) groups excluding carboxylic acids is 1. The molecule has 1 fully saturated rings. The molecular formula is C21H23N5O4. The number of nitrogens with one attached hydrogen (secondary N) is 1. The van der Waals surface area contributed by atoms with Crippen molar-refractivity contribution in [1.29, 1.82) is 0 Å². The monoisotopic (exact) mass is 409 g/mol. The largest absolute Gasteiger partial charge is 0.805 e. The standard InChI is InChI=1S/C21H23N5O4/c1-15-20(26(29)19-6-4-3-5-18(19)25(15)28)21(27)22-24-13-11-23(12-14-24)16-7-9-17(30-2)10-8-16/h3-10H,11-14H2,1-2H3,(H,22,27). The van der Waals surface area contributed by atoms with Gasteiger partial charge in [0.2, 0.25) is 0 Å². The molecule has 0 bridgehead atoms. The van der Waals surface area contributed by atoms with Crippen molar-refractivity contribution < 1.29 is 14.0 Å². The van der Waals surface area contributed by atoms with Gasteiger partial charge in [0.05, 0.1) is 17.2 Å². The Balaban J connectivity index is 1.47. The molecule has 0 unspecified atom stereocenters. The molecular weight excluding hydrogens is 386 g/mol. The fraction of sp³-hybridized carbons (Fsp3) is 0.286. The number of benzene rings is 2. The van der Waals surface area contributed by atoms with E-state index in [9.17, 15) is 14.9 Å². The first-order chi connectivity index (χ1) is 14.5. The molecule has 1 aliphatic rings. The van der Waals surface area contributed by atoms with Crippen LogP contribution in [0.5, 0.6) is 5.75 Å². The summed E-state index contributed by atoms with van der Waals surface area (Å²) in [5.74, 6) is 0.215. The van der Waals surface area contributed by atoms with Gasteiger partial charge in [-0.2, -0.15) is 0 Å². The van der Waals surface area contributed by atoms with Gasteiger partial charge in [-0.3, -0.25) is 10.2 Å². The first-order valence-corrected chi connectivity index (χ1v) is 9.69. The number of hydrazine groups is 1. The first kappa shape index (κ1) is 19.7. The lowest BCUT2D eigenvalue weighted by atomic mass is 10.2. The minimum absolute atomic E-state index is 0.0677. The highest BCUT2D eigenvalue weighted by Crippen LogP contribution is 2.20. The van der Waals surface area contributed by atoms with Crippen LogP contribution < -0.4 is 19.5 Å². The van der Waals surface area contributed by atoms with E-state index in [1.165, 1.54) is 13.0 Å². The van der Waals surface area contributed by atoms with E-state index in [1.54, 1.807) is 30.3 Å². The van der Waals surface area contributed by atoms with Crippen LogP contribution in [0.4, 0.5) is 5.69 Å². The molecule has 1 N–H and O–H groups in total. The van der Waals surface area contributed by atoms with Crippen LogP contribution in [0.3, 0.4) is 0 Å². The molecule has 2 aromatic carbocycles. The Labute approximate surface area is 173 Å². The molecule has 1 saturated heterocycles. The number of piperazine rings is 1. The van der Waals surface area contributed by atoms with Gasteiger partial charge in [0, 0.05) is 42.8 Å². The molecule has 0 atom stereocenters. The fourth-order valence-electron chi connectivity index (χ4n) is 3.67. The van der Waals surface area contributed by atoms with E-state index < -0.39 is 5.91 Å². The summed E-state index contributed by atoms with van der Waals surface area (Å²) in [5.41, 5.74) is 4.12. The minimum Gasteiger partial charge on any atom is -0.805 e. The van der Waals surface area contributed by atoms with E-state index in [0.717, 1.165) is 11.4 Å². The molecule has 2 heterocycles. The van der Waals surface area contributed by atoms with E-state index in [1.807, 2.05) is 24.3 Å². The number of para-hydroxylation sites is 2. The summed E-state index contributed by atoms with van der Waals surface area (Å²) in [5, 5.41) is 14.3. The fourth-order valence-corrected chi connectivity index (χ4v) is 3.67. The zero-order valence-electron chi connectivity index (χ0n) is 16.9. The highest BCUT2D eigenvalue weighted by atomic mass is 16.5. The van der Waals surface area contributed by atoms with Crippen LogP contribution in [0.2, 0.25) is 0 Å². The number of anilines is 1. The van der Waals surface area contributed by atoms with E-state index in [0.29, 0.717) is 35.3 Å². The van der Waals surface area contributed by atoms with Gasteiger partial charge in [-0.15, -0.1) is 0 Å². The molecule has 0 radical (unpaired) electrons. The zero-order valence-corrected chi connectivity index (χ0v) is 16.9. The normalized spacial score (nSPS) is 14.7. The Kier molecular flexibility index (Phi) is 5.28. The number of hydrogen-bond acceptors (Lipinski definition) is 6. The number of fused-ring (bicyclic) bond motifs is 1. The molecule has 0 saturated carbocycles. The molecule has 30 heavy (non-hydrogen) atoms. The van der Waals surface area contributed by atoms with Gasteiger partial charge < -0.3 is 19.6 Å². The predicted octanol–water partition coefficient (Wildman–Crippen LogP) is 1.69. The Hall–Kier alpha value is -3.59. The van der Waals surface area contributed by atoms with E-state index in [2.05, 4.69) is 10.3 Å². The third-order valence-corrected chi connectivity index (χ3v) is 5.36.